The molecule has 0 atom stereocenters. The summed E-state index contributed by atoms with van der Waals surface area (Å²) >= 11 is 0. The zero-order valence-electron chi connectivity index (χ0n) is 11.1. The SMILES string of the molecule is Cc1nnc2c(NCCn3cc(C(=O)O)nn3)nccn12. The molecule has 10 nitrogen and oxygen atoms in total. The van der Waals surface area contributed by atoms with Gasteiger partial charge in [-0.2, -0.15) is 0 Å². The number of aryl methyl sites for hydroxylation is 1. The second kappa shape index (κ2) is 5.15. The molecular weight excluding hydrogens is 276 g/mol. The lowest BCUT2D eigenvalue weighted by atomic mass is 10.5. The minimum atomic E-state index is -1.10. The summed E-state index contributed by atoms with van der Waals surface area (Å²) in [7, 11) is 0. The number of rotatable bonds is 5. The minimum absolute atomic E-state index is 0.0803. The Morgan fingerprint density at radius 2 is 2.24 bits per heavy atom. The fourth-order valence-corrected chi connectivity index (χ4v) is 1.86. The Bertz CT molecular complexity index is 792. The van der Waals surface area contributed by atoms with Crippen LogP contribution in [0.25, 0.3) is 5.65 Å². The Morgan fingerprint density at radius 3 is 3.00 bits per heavy atom. The molecule has 0 amide bonds. The van der Waals surface area contributed by atoms with Crippen LogP contribution >= 0.6 is 0 Å². The molecular formula is C11H12N8O2. The maximum Gasteiger partial charge on any atom is 0.358 e. The highest BCUT2D eigenvalue weighted by molar-refractivity contribution is 5.84. The van der Waals surface area contributed by atoms with Gasteiger partial charge in [-0.05, 0) is 6.92 Å². The summed E-state index contributed by atoms with van der Waals surface area (Å²) < 4.78 is 3.28. The summed E-state index contributed by atoms with van der Waals surface area (Å²) in [6.07, 6.45) is 4.81. The van der Waals surface area contributed by atoms with Gasteiger partial charge in [-0.3, -0.25) is 4.40 Å². The van der Waals surface area contributed by atoms with Gasteiger partial charge in [0.25, 0.3) is 0 Å². The summed E-state index contributed by atoms with van der Waals surface area (Å²) in [5, 5.41) is 27.2. The quantitative estimate of drug-likeness (QED) is 0.663. The summed E-state index contributed by atoms with van der Waals surface area (Å²) in [5.74, 6) is 0.286. The molecule has 0 saturated heterocycles. The third-order valence-electron chi connectivity index (χ3n) is 2.89. The van der Waals surface area contributed by atoms with E-state index in [1.807, 2.05) is 11.3 Å². The molecule has 0 bridgehead atoms. The van der Waals surface area contributed by atoms with Gasteiger partial charge < -0.3 is 10.4 Å². The van der Waals surface area contributed by atoms with Gasteiger partial charge in [-0.15, -0.1) is 15.3 Å². The highest BCUT2D eigenvalue weighted by Crippen LogP contribution is 2.11. The van der Waals surface area contributed by atoms with Gasteiger partial charge in [0, 0.05) is 18.9 Å². The van der Waals surface area contributed by atoms with E-state index >= 15 is 0 Å². The summed E-state index contributed by atoms with van der Waals surface area (Å²) in [6.45, 7) is 2.81. The lowest BCUT2D eigenvalue weighted by Crippen LogP contribution is -2.12. The Balaban J connectivity index is 1.67. The maximum absolute atomic E-state index is 10.7. The first-order valence-corrected chi connectivity index (χ1v) is 6.19. The standard InChI is InChI=1S/C11H12N8O2/c1-7-14-16-10-9(13-3-5-19(7)10)12-2-4-18-6-8(11(20)21)15-17-18/h3,5-6H,2,4H2,1H3,(H,12,13)(H,20,21). The number of hydrogen-bond donors (Lipinski definition) is 2. The van der Waals surface area contributed by atoms with Crippen molar-refractivity contribution in [3.63, 3.8) is 0 Å². The van der Waals surface area contributed by atoms with Crippen molar-refractivity contribution in [2.75, 3.05) is 11.9 Å². The van der Waals surface area contributed by atoms with E-state index in [0.29, 0.717) is 24.6 Å². The van der Waals surface area contributed by atoms with E-state index in [9.17, 15) is 4.79 Å². The molecule has 0 unspecified atom stereocenters. The van der Waals surface area contributed by atoms with E-state index < -0.39 is 5.97 Å². The van der Waals surface area contributed by atoms with Crippen molar-refractivity contribution < 1.29 is 9.90 Å². The van der Waals surface area contributed by atoms with Crippen LogP contribution in [0.5, 0.6) is 0 Å². The smallest absolute Gasteiger partial charge is 0.358 e. The minimum Gasteiger partial charge on any atom is -0.476 e. The van der Waals surface area contributed by atoms with Crippen LogP contribution in [-0.4, -0.2) is 52.2 Å². The Morgan fingerprint density at radius 1 is 1.38 bits per heavy atom. The molecule has 3 aromatic heterocycles. The largest absolute Gasteiger partial charge is 0.476 e. The molecule has 108 valence electrons. The Hall–Kier alpha value is -3.04. The van der Waals surface area contributed by atoms with Crippen molar-refractivity contribution in [3.8, 4) is 0 Å². The molecule has 0 aromatic carbocycles. The summed E-state index contributed by atoms with van der Waals surface area (Å²) in [6, 6.07) is 0. The molecule has 0 aliphatic carbocycles. The normalized spacial score (nSPS) is 10.9. The monoisotopic (exact) mass is 288 g/mol. The first-order chi connectivity index (χ1) is 10.1. The lowest BCUT2D eigenvalue weighted by molar-refractivity contribution is 0.0690. The van der Waals surface area contributed by atoms with Gasteiger partial charge in [-0.1, -0.05) is 5.21 Å². The van der Waals surface area contributed by atoms with Gasteiger partial charge in [0.05, 0.1) is 12.7 Å². The van der Waals surface area contributed by atoms with Crippen LogP contribution in [0, 0.1) is 6.92 Å². The molecule has 3 rings (SSSR count). The van der Waals surface area contributed by atoms with Crippen LogP contribution in [0.4, 0.5) is 5.82 Å². The topological polar surface area (TPSA) is 123 Å². The van der Waals surface area contributed by atoms with Crippen LogP contribution in [0.2, 0.25) is 0 Å². The van der Waals surface area contributed by atoms with Crippen molar-refractivity contribution in [1.82, 2.24) is 34.6 Å². The molecule has 0 fully saturated rings. The van der Waals surface area contributed by atoms with Gasteiger partial charge in [-0.25, -0.2) is 14.5 Å². The van der Waals surface area contributed by atoms with Gasteiger partial charge in [0.15, 0.2) is 11.5 Å². The number of carboxylic acids is 1. The summed E-state index contributed by atoms with van der Waals surface area (Å²) in [4.78, 5) is 14.9. The first-order valence-electron chi connectivity index (χ1n) is 6.19. The number of aromatic nitrogens is 7. The predicted octanol–water partition coefficient (Wildman–Crippen LogP) is -0.165. The number of fused-ring (bicyclic) bond motifs is 1. The summed E-state index contributed by atoms with van der Waals surface area (Å²) in [5.41, 5.74) is 0.558. The van der Waals surface area contributed by atoms with E-state index in [2.05, 4.69) is 30.8 Å². The van der Waals surface area contributed by atoms with Crippen molar-refractivity contribution in [2.45, 2.75) is 13.5 Å². The molecule has 0 spiro atoms. The molecule has 3 heterocycles. The van der Waals surface area contributed by atoms with E-state index in [1.165, 1.54) is 10.9 Å². The van der Waals surface area contributed by atoms with E-state index in [-0.39, 0.29) is 5.69 Å². The fraction of sp³-hybridized carbons (Fsp3) is 0.273. The number of nitrogens with zero attached hydrogens (tertiary/aromatic N) is 7. The average Bonchev–Trinajstić information content (AvgIpc) is 3.07. The number of aromatic carboxylic acids is 1. The average molecular weight is 288 g/mol. The molecule has 21 heavy (non-hydrogen) atoms. The van der Waals surface area contributed by atoms with Crippen LogP contribution in [0.3, 0.4) is 0 Å². The molecule has 0 saturated carbocycles. The lowest BCUT2D eigenvalue weighted by Gasteiger charge is -2.05. The highest BCUT2D eigenvalue weighted by atomic mass is 16.4. The van der Waals surface area contributed by atoms with Gasteiger partial charge in [0.2, 0.25) is 5.65 Å². The maximum atomic E-state index is 10.7. The Labute approximate surface area is 118 Å². The second-order valence-corrected chi connectivity index (χ2v) is 4.32. The van der Waals surface area contributed by atoms with Gasteiger partial charge in [0.1, 0.15) is 5.82 Å². The number of carbonyl (C=O) groups is 1. The zero-order valence-corrected chi connectivity index (χ0v) is 11.1. The highest BCUT2D eigenvalue weighted by Gasteiger charge is 2.09. The van der Waals surface area contributed by atoms with E-state index in [1.54, 1.807) is 12.4 Å². The molecule has 0 aliphatic rings. The third kappa shape index (κ3) is 2.50. The fourth-order valence-electron chi connectivity index (χ4n) is 1.86. The van der Waals surface area contributed by atoms with Crippen LogP contribution in [0.15, 0.2) is 18.6 Å². The molecule has 2 N–H and O–H groups in total. The molecule has 0 radical (unpaired) electrons. The zero-order chi connectivity index (χ0) is 14.8. The molecule has 10 heteroatoms. The number of carboxylic acid groups (broad SMARTS) is 1. The predicted molar refractivity (Wildman–Crippen MR) is 71.0 cm³/mol. The van der Waals surface area contributed by atoms with Gasteiger partial charge >= 0.3 is 5.97 Å². The van der Waals surface area contributed by atoms with Crippen molar-refractivity contribution >= 4 is 17.4 Å². The van der Waals surface area contributed by atoms with E-state index in [4.69, 9.17) is 5.11 Å². The molecule has 3 aromatic rings. The molecule has 0 aliphatic heterocycles. The van der Waals surface area contributed by atoms with Crippen LogP contribution in [0.1, 0.15) is 16.3 Å². The second-order valence-electron chi connectivity index (χ2n) is 4.32. The van der Waals surface area contributed by atoms with Crippen molar-refractivity contribution in [2.24, 2.45) is 0 Å². The van der Waals surface area contributed by atoms with Crippen LogP contribution in [-0.2, 0) is 6.54 Å². The third-order valence-corrected chi connectivity index (χ3v) is 2.89. The van der Waals surface area contributed by atoms with Crippen molar-refractivity contribution in [1.29, 1.82) is 0 Å². The van der Waals surface area contributed by atoms with E-state index in [0.717, 1.165) is 5.82 Å². The van der Waals surface area contributed by atoms with Crippen LogP contribution < -0.4 is 5.32 Å². The van der Waals surface area contributed by atoms with Crippen molar-refractivity contribution in [3.05, 3.63) is 30.1 Å². The number of nitrogens with one attached hydrogen (secondary N) is 1. The first kappa shape index (κ1) is 13.0. The Kier molecular flexibility index (Phi) is 3.18. The number of anilines is 1. The number of hydrogen-bond acceptors (Lipinski definition) is 7.